The molecule has 2 aromatic rings. The van der Waals surface area contributed by atoms with Gasteiger partial charge < -0.3 is 5.73 Å². The van der Waals surface area contributed by atoms with Crippen LogP contribution in [0, 0.1) is 12.8 Å². The number of benzene rings is 1. The van der Waals surface area contributed by atoms with E-state index in [0.717, 1.165) is 12.1 Å². The summed E-state index contributed by atoms with van der Waals surface area (Å²) >= 11 is 0. The maximum Gasteiger partial charge on any atom is 0.213 e. The molecular formula is C19H23N2+. The Bertz CT molecular complexity index is 758. The molecular weight excluding hydrogens is 256 g/mol. The van der Waals surface area contributed by atoms with Gasteiger partial charge in [-0.25, -0.2) is 4.98 Å². The average molecular weight is 279 g/mol. The minimum absolute atomic E-state index is 0.612. The van der Waals surface area contributed by atoms with Gasteiger partial charge in [0.25, 0.3) is 0 Å². The van der Waals surface area contributed by atoms with Gasteiger partial charge in [0.15, 0.2) is 5.69 Å². The van der Waals surface area contributed by atoms with E-state index in [-0.39, 0.29) is 0 Å². The number of hydrogen-bond donors (Lipinski definition) is 1. The highest BCUT2D eigenvalue weighted by atomic mass is 14.7. The first kappa shape index (κ1) is 12.9. The molecule has 2 heteroatoms. The summed E-state index contributed by atoms with van der Waals surface area (Å²) < 4.78 is 0. The maximum atomic E-state index is 6.57. The van der Waals surface area contributed by atoms with Crippen molar-refractivity contribution in [1.29, 1.82) is 0 Å². The Balaban J connectivity index is 1.92. The minimum atomic E-state index is 0.612. The van der Waals surface area contributed by atoms with Crippen molar-refractivity contribution in [1.82, 2.24) is 0 Å². The number of aromatic nitrogens is 1. The molecule has 2 nitrogen and oxygen atoms in total. The average Bonchev–Trinajstić information content (AvgIpc) is 2.46. The van der Waals surface area contributed by atoms with E-state index in [1.165, 1.54) is 47.0 Å². The third kappa shape index (κ3) is 1.97. The summed E-state index contributed by atoms with van der Waals surface area (Å²) in [6.07, 6.45) is 7.27. The van der Waals surface area contributed by atoms with Crippen LogP contribution in [0.3, 0.4) is 0 Å². The van der Waals surface area contributed by atoms with Crippen LogP contribution in [-0.4, -0.2) is 0 Å². The number of fused-ring (bicyclic) bond motifs is 5. The number of nitrogens with one attached hydrogen (secondary N) is 1. The Hall–Kier alpha value is -1.83. The van der Waals surface area contributed by atoms with E-state index >= 15 is 0 Å². The fourth-order valence-electron chi connectivity index (χ4n) is 4.28. The third-order valence-electron chi connectivity index (χ3n) is 5.26. The van der Waals surface area contributed by atoms with Gasteiger partial charge in [0.05, 0.1) is 11.1 Å². The summed E-state index contributed by atoms with van der Waals surface area (Å²) in [5.74, 6) is 1.31. The molecule has 0 fully saturated rings. The second-order valence-electron chi connectivity index (χ2n) is 6.76. The third-order valence-corrected chi connectivity index (χ3v) is 5.26. The maximum absolute atomic E-state index is 6.57. The van der Waals surface area contributed by atoms with Gasteiger partial charge in [0, 0.05) is 18.1 Å². The molecule has 21 heavy (non-hydrogen) atoms. The Morgan fingerprint density at radius 3 is 2.95 bits per heavy atom. The lowest BCUT2D eigenvalue weighted by atomic mass is 9.70. The van der Waals surface area contributed by atoms with Gasteiger partial charge in [0.2, 0.25) is 5.52 Å². The van der Waals surface area contributed by atoms with Crippen LogP contribution in [-0.2, 0) is 6.42 Å². The summed E-state index contributed by atoms with van der Waals surface area (Å²) in [6, 6.07) is 6.54. The number of hydrogen-bond acceptors (Lipinski definition) is 1. The molecule has 0 saturated heterocycles. The van der Waals surface area contributed by atoms with E-state index in [0.29, 0.717) is 11.8 Å². The number of rotatable bonds is 1. The summed E-state index contributed by atoms with van der Waals surface area (Å²) in [6.45, 7) is 4.40. The van der Waals surface area contributed by atoms with Crippen LogP contribution in [0.25, 0.3) is 10.9 Å². The number of allylic oxidation sites excluding steroid dienone is 2. The van der Waals surface area contributed by atoms with Gasteiger partial charge in [-0.3, -0.25) is 0 Å². The quantitative estimate of drug-likeness (QED) is 0.789. The Morgan fingerprint density at radius 1 is 1.29 bits per heavy atom. The van der Waals surface area contributed by atoms with Crippen LogP contribution in [0.1, 0.15) is 48.9 Å². The molecule has 1 heterocycles. The zero-order chi connectivity index (χ0) is 14.6. The molecule has 0 saturated carbocycles. The molecule has 1 aromatic carbocycles. The number of aromatic amines is 1. The van der Waals surface area contributed by atoms with Crippen LogP contribution in [0.4, 0.5) is 5.69 Å². The molecule has 2 aliphatic rings. The van der Waals surface area contributed by atoms with Crippen molar-refractivity contribution in [3.63, 3.8) is 0 Å². The van der Waals surface area contributed by atoms with Gasteiger partial charge in [-0.15, -0.1) is 0 Å². The van der Waals surface area contributed by atoms with Gasteiger partial charge in [0.1, 0.15) is 0 Å². The monoisotopic (exact) mass is 279 g/mol. The van der Waals surface area contributed by atoms with E-state index in [4.69, 9.17) is 5.73 Å². The Morgan fingerprint density at radius 2 is 2.14 bits per heavy atom. The molecule has 2 atom stereocenters. The van der Waals surface area contributed by atoms with Crippen LogP contribution >= 0.6 is 0 Å². The molecule has 3 N–H and O–H groups in total. The smallest absolute Gasteiger partial charge is 0.213 e. The lowest BCUT2D eigenvalue weighted by Crippen LogP contribution is -2.30. The predicted molar refractivity (Wildman–Crippen MR) is 87.2 cm³/mol. The summed E-state index contributed by atoms with van der Waals surface area (Å²) in [5, 5.41) is 1.19. The molecule has 2 unspecified atom stereocenters. The normalized spacial score (nSPS) is 23.8. The highest BCUT2D eigenvalue weighted by Gasteiger charge is 2.36. The first-order valence-corrected chi connectivity index (χ1v) is 8.09. The SMILES string of the molecule is CCC1=CC2Cc3[nH+]c4cc(C)ccc4c(N)c3C(C1)C2. The molecule has 0 aliphatic heterocycles. The van der Waals surface area contributed by atoms with Crippen LogP contribution in [0.2, 0.25) is 0 Å². The molecule has 0 spiro atoms. The lowest BCUT2D eigenvalue weighted by molar-refractivity contribution is -0.360. The summed E-state index contributed by atoms with van der Waals surface area (Å²) in [4.78, 5) is 3.68. The predicted octanol–water partition coefficient (Wildman–Crippen LogP) is 3.93. The first-order valence-electron chi connectivity index (χ1n) is 8.09. The zero-order valence-corrected chi connectivity index (χ0v) is 12.9. The minimum Gasteiger partial charge on any atom is -0.398 e. The summed E-state index contributed by atoms with van der Waals surface area (Å²) in [5.41, 5.74) is 14.4. The second kappa shape index (κ2) is 4.59. The number of pyridine rings is 1. The molecule has 2 bridgehead atoms. The number of anilines is 1. The van der Waals surface area contributed by atoms with Crippen molar-refractivity contribution in [2.24, 2.45) is 5.92 Å². The van der Waals surface area contributed by atoms with Gasteiger partial charge in [-0.05, 0) is 49.7 Å². The summed E-state index contributed by atoms with van der Waals surface area (Å²) in [7, 11) is 0. The fraction of sp³-hybridized carbons (Fsp3) is 0.421. The van der Waals surface area contributed by atoms with E-state index in [9.17, 15) is 0 Å². The number of nitrogen functional groups attached to an aromatic ring is 1. The van der Waals surface area contributed by atoms with E-state index < -0.39 is 0 Å². The van der Waals surface area contributed by atoms with E-state index in [2.05, 4.69) is 43.1 Å². The largest absolute Gasteiger partial charge is 0.398 e. The fourth-order valence-corrected chi connectivity index (χ4v) is 4.28. The van der Waals surface area contributed by atoms with Gasteiger partial charge >= 0.3 is 0 Å². The van der Waals surface area contributed by atoms with Crippen molar-refractivity contribution in [2.75, 3.05) is 5.73 Å². The van der Waals surface area contributed by atoms with Crippen molar-refractivity contribution < 1.29 is 4.98 Å². The number of nitrogens with two attached hydrogens (primary N) is 1. The molecule has 2 aliphatic carbocycles. The highest BCUT2D eigenvalue weighted by molar-refractivity contribution is 5.90. The second-order valence-corrected chi connectivity index (χ2v) is 6.76. The first-order chi connectivity index (χ1) is 10.2. The molecule has 4 rings (SSSR count). The van der Waals surface area contributed by atoms with Crippen LogP contribution < -0.4 is 10.7 Å². The van der Waals surface area contributed by atoms with Crippen LogP contribution in [0.15, 0.2) is 29.8 Å². The van der Waals surface area contributed by atoms with Crippen LogP contribution in [0.5, 0.6) is 0 Å². The van der Waals surface area contributed by atoms with Crippen molar-refractivity contribution in [3.8, 4) is 0 Å². The topological polar surface area (TPSA) is 40.2 Å². The van der Waals surface area contributed by atoms with E-state index in [1.54, 1.807) is 5.57 Å². The van der Waals surface area contributed by atoms with Crippen molar-refractivity contribution >= 4 is 16.6 Å². The van der Waals surface area contributed by atoms with Gasteiger partial charge in [-0.2, -0.15) is 0 Å². The van der Waals surface area contributed by atoms with Crippen molar-refractivity contribution in [2.45, 2.75) is 45.4 Å². The Labute approximate surface area is 126 Å². The van der Waals surface area contributed by atoms with E-state index in [1.807, 2.05) is 0 Å². The molecule has 1 aromatic heterocycles. The number of aryl methyl sites for hydroxylation is 1. The molecule has 0 amide bonds. The standard InChI is InChI=1S/C19H22N2/c1-3-12-7-13-9-14(8-12)18-17(10-13)21-16-6-11(2)4-5-15(16)19(18)20/h4-7,13-14H,3,8-10H2,1-2H3,(H2,20,21)/p+1. The number of H-pyrrole nitrogens is 1. The Kier molecular flexibility index (Phi) is 2.81. The lowest BCUT2D eigenvalue weighted by Gasteiger charge is -2.33. The molecule has 108 valence electrons. The van der Waals surface area contributed by atoms with Gasteiger partial charge in [-0.1, -0.05) is 24.6 Å². The van der Waals surface area contributed by atoms with Crippen molar-refractivity contribution in [3.05, 3.63) is 46.7 Å². The highest BCUT2D eigenvalue weighted by Crippen LogP contribution is 2.46. The molecule has 0 radical (unpaired) electrons. The zero-order valence-electron chi connectivity index (χ0n) is 12.9.